The normalized spacial score (nSPS) is 20.8. The predicted octanol–water partition coefficient (Wildman–Crippen LogP) is 2.80. The van der Waals surface area contributed by atoms with Crippen LogP contribution in [0, 0.1) is 11.8 Å². The molecule has 2 atom stereocenters. The van der Waals surface area contributed by atoms with Crippen molar-refractivity contribution in [2.24, 2.45) is 11.8 Å². The average molecular weight is 478 g/mol. The summed E-state index contributed by atoms with van der Waals surface area (Å²) in [7, 11) is 0. The second-order valence-electron chi connectivity index (χ2n) is 8.42. The lowest BCUT2D eigenvalue weighted by molar-refractivity contribution is -0.274. The van der Waals surface area contributed by atoms with Crippen LogP contribution < -0.4 is 10.1 Å². The Kier molecular flexibility index (Phi) is 7.03. The number of ether oxygens (including phenoxy) is 1. The Hall–Kier alpha value is -3.57. The number of rotatable bonds is 5. The number of alkyl halides is 3. The molecule has 0 radical (unpaired) electrons. The van der Waals surface area contributed by atoms with Gasteiger partial charge in [0.2, 0.25) is 5.91 Å². The number of benzene rings is 1. The van der Waals surface area contributed by atoms with Gasteiger partial charge in [0, 0.05) is 32.3 Å². The van der Waals surface area contributed by atoms with E-state index in [-0.39, 0.29) is 17.7 Å². The van der Waals surface area contributed by atoms with Crippen LogP contribution >= 0.6 is 0 Å². The second kappa shape index (κ2) is 10.1. The highest BCUT2D eigenvalue weighted by molar-refractivity contribution is 5.91. The number of aromatic nitrogens is 3. The van der Waals surface area contributed by atoms with Crippen molar-refractivity contribution in [1.82, 2.24) is 30.5 Å². The molecule has 2 aliphatic rings. The summed E-state index contributed by atoms with van der Waals surface area (Å²) in [5.74, 6) is 0.222. The summed E-state index contributed by atoms with van der Waals surface area (Å²) < 4.78 is 40.6. The van der Waals surface area contributed by atoms with Gasteiger partial charge in [0.15, 0.2) is 0 Å². The predicted molar refractivity (Wildman–Crippen MR) is 115 cm³/mol. The number of likely N-dealkylation sites (tertiary alicyclic amines) is 2. The molecule has 0 spiro atoms. The molecule has 2 aliphatic heterocycles. The van der Waals surface area contributed by atoms with Gasteiger partial charge in [-0.3, -0.25) is 9.89 Å². The molecule has 3 heterocycles. The van der Waals surface area contributed by atoms with E-state index in [0.717, 1.165) is 18.5 Å². The van der Waals surface area contributed by atoms with Gasteiger partial charge in [-0.1, -0.05) is 17.3 Å². The number of carbonyl (C=O) groups is 2. The SMILES string of the molecule is O=C(/C=C/c1ccc(OC(F)(F)F)cc1)N1CCC2CN(C(=O)NCc3cnn[nH]3)C[C@H]2CC1. The van der Waals surface area contributed by atoms with E-state index in [1.165, 1.54) is 30.3 Å². The van der Waals surface area contributed by atoms with Crippen LogP contribution in [-0.4, -0.2) is 69.7 Å². The number of nitrogens with one attached hydrogen (secondary N) is 2. The van der Waals surface area contributed by atoms with E-state index in [1.807, 2.05) is 4.90 Å². The van der Waals surface area contributed by atoms with E-state index < -0.39 is 6.36 Å². The second-order valence-corrected chi connectivity index (χ2v) is 8.42. The molecular weight excluding hydrogens is 453 g/mol. The van der Waals surface area contributed by atoms with Crippen molar-refractivity contribution < 1.29 is 27.5 Å². The number of H-pyrrole nitrogens is 1. The number of hydrogen-bond acceptors (Lipinski definition) is 5. The standard InChI is InChI=1S/C22H25F3N6O3/c23-22(24,25)34-19-4-1-15(2-5-19)3-6-20(32)30-9-7-16-13-31(14-17(16)8-10-30)21(33)26-11-18-12-27-29-28-18/h1-6,12,16-17H,7-11,13-14H2,(H,26,33)(H,27,28,29)/b6-3+/t16-,17?/m1/s1. The third-order valence-electron chi connectivity index (χ3n) is 6.14. The number of urea groups is 1. The first-order chi connectivity index (χ1) is 16.3. The zero-order valence-corrected chi connectivity index (χ0v) is 18.3. The number of nitrogens with zero attached hydrogens (tertiary/aromatic N) is 4. The van der Waals surface area contributed by atoms with E-state index in [0.29, 0.717) is 50.1 Å². The van der Waals surface area contributed by atoms with Gasteiger partial charge in [0.25, 0.3) is 0 Å². The average Bonchev–Trinajstić information content (AvgIpc) is 3.42. The monoisotopic (exact) mass is 478 g/mol. The zero-order chi connectivity index (χ0) is 24.1. The molecule has 182 valence electrons. The molecular formula is C22H25F3N6O3. The van der Waals surface area contributed by atoms with Crippen molar-refractivity contribution in [1.29, 1.82) is 0 Å². The van der Waals surface area contributed by atoms with Crippen molar-refractivity contribution >= 4 is 18.0 Å². The van der Waals surface area contributed by atoms with E-state index in [1.54, 1.807) is 17.2 Å². The van der Waals surface area contributed by atoms with Crippen LogP contribution in [0.2, 0.25) is 0 Å². The van der Waals surface area contributed by atoms with Crippen molar-refractivity contribution in [2.75, 3.05) is 26.2 Å². The third-order valence-corrected chi connectivity index (χ3v) is 6.14. The Labute approximate surface area is 193 Å². The minimum absolute atomic E-state index is 0.120. The molecule has 2 fully saturated rings. The molecule has 3 amide bonds. The maximum absolute atomic E-state index is 12.6. The molecule has 34 heavy (non-hydrogen) atoms. The lowest BCUT2D eigenvalue weighted by atomic mass is 9.92. The molecule has 12 heteroatoms. The Balaban J connectivity index is 1.24. The first-order valence-electron chi connectivity index (χ1n) is 11.0. The number of amides is 3. The van der Waals surface area contributed by atoms with Gasteiger partial charge in [0.05, 0.1) is 18.4 Å². The van der Waals surface area contributed by atoms with Crippen LogP contribution in [0.1, 0.15) is 24.1 Å². The molecule has 0 bridgehead atoms. The number of fused-ring (bicyclic) bond motifs is 1. The van der Waals surface area contributed by atoms with Crippen LogP contribution in [0.15, 0.2) is 36.5 Å². The number of carbonyl (C=O) groups excluding carboxylic acids is 2. The van der Waals surface area contributed by atoms with Gasteiger partial charge >= 0.3 is 12.4 Å². The maximum atomic E-state index is 12.6. The molecule has 4 rings (SSSR count). The van der Waals surface area contributed by atoms with Crippen molar-refractivity contribution in [3.8, 4) is 5.75 Å². The van der Waals surface area contributed by atoms with Gasteiger partial charge in [-0.2, -0.15) is 0 Å². The highest BCUT2D eigenvalue weighted by atomic mass is 19.4. The maximum Gasteiger partial charge on any atom is 0.573 e. The summed E-state index contributed by atoms with van der Waals surface area (Å²) >= 11 is 0. The summed E-state index contributed by atoms with van der Waals surface area (Å²) in [6.45, 7) is 2.84. The van der Waals surface area contributed by atoms with Crippen LogP contribution in [0.4, 0.5) is 18.0 Å². The third kappa shape index (κ3) is 6.27. The smallest absolute Gasteiger partial charge is 0.406 e. The Morgan fingerprint density at radius 1 is 1.12 bits per heavy atom. The summed E-state index contributed by atoms with van der Waals surface area (Å²) in [5, 5.41) is 12.9. The summed E-state index contributed by atoms with van der Waals surface area (Å²) in [6, 6.07) is 5.21. The summed E-state index contributed by atoms with van der Waals surface area (Å²) in [6.07, 6.45) is 1.45. The summed E-state index contributed by atoms with van der Waals surface area (Å²) in [5.41, 5.74) is 1.33. The van der Waals surface area contributed by atoms with Crippen molar-refractivity contribution in [2.45, 2.75) is 25.7 Å². The van der Waals surface area contributed by atoms with Gasteiger partial charge in [-0.05, 0) is 48.4 Å². The molecule has 2 aromatic rings. The first kappa shape index (κ1) is 23.6. The van der Waals surface area contributed by atoms with Crippen molar-refractivity contribution in [3.63, 3.8) is 0 Å². The van der Waals surface area contributed by atoms with E-state index in [9.17, 15) is 22.8 Å². The van der Waals surface area contributed by atoms with Crippen molar-refractivity contribution in [3.05, 3.63) is 47.8 Å². The van der Waals surface area contributed by atoms with Crippen LogP contribution in [0.5, 0.6) is 5.75 Å². The van der Waals surface area contributed by atoms with E-state index >= 15 is 0 Å². The Morgan fingerprint density at radius 3 is 2.38 bits per heavy atom. The molecule has 1 aromatic carbocycles. The van der Waals surface area contributed by atoms with Gasteiger partial charge in [0.1, 0.15) is 5.75 Å². The first-order valence-corrected chi connectivity index (χ1v) is 11.0. The molecule has 1 aromatic heterocycles. The lowest BCUT2D eigenvalue weighted by Crippen LogP contribution is -2.39. The topological polar surface area (TPSA) is 103 Å². The molecule has 2 saturated heterocycles. The molecule has 1 unspecified atom stereocenters. The number of aromatic amines is 1. The highest BCUT2D eigenvalue weighted by Gasteiger charge is 2.37. The zero-order valence-electron chi connectivity index (χ0n) is 18.3. The highest BCUT2D eigenvalue weighted by Crippen LogP contribution is 2.32. The Morgan fingerprint density at radius 2 is 1.79 bits per heavy atom. The lowest BCUT2D eigenvalue weighted by Gasteiger charge is -2.21. The fourth-order valence-corrected chi connectivity index (χ4v) is 4.38. The molecule has 9 nitrogen and oxygen atoms in total. The van der Waals surface area contributed by atoms with E-state index in [4.69, 9.17) is 0 Å². The van der Waals surface area contributed by atoms with Gasteiger partial charge in [-0.15, -0.1) is 18.3 Å². The molecule has 0 aliphatic carbocycles. The number of hydrogen-bond donors (Lipinski definition) is 2. The fourth-order valence-electron chi connectivity index (χ4n) is 4.38. The largest absolute Gasteiger partial charge is 0.573 e. The van der Waals surface area contributed by atoms with Crippen LogP contribution in [-0.2, 0) is 11.3 Å². The van der Waals surface area contributed by atoms with Gasteiger partial charge < -0.3 is 19.9 Å². The van der Waals surface area contributed by atoms with E-state index in [2.05, 4.69) is 25.5 Å². The number of halogens is 3. The minimum Gasteiger partial charge on any atom is -0.406 e. The Bertz CT molecular complexity index is 994. The minimum atomic E-state index is -4.74. The molecule has 0 saturated carbocycles. The summed E-state index contributed by atoms with van der Waals surface area (Å²) in [4.78, 5) is 28.7. The van der Waals surface area contributed by atoms with Crippen LogP contribution in [0.25, 0.3) is 6.08 Å². The molecule has 2 N–H and O–H groups in total. The van der Waals surface area contributed by atoms with Gasteiger partial charge in [-0.25, -0.2) is 4.79 Å². The fraction of sp³-hybridized carbons (Fsp3) is 0.455. The quantitative estimate of drug-likeness (QED) is 0.644. The van der Waals surface area contributed by atoms with Crippen LogP contribution in [0.3, 0.4) is 0 Å².